The van der Waals surface area contributed by atoms with Crippen molar-refractivity contribution in [2.24, 2.45) is 0 Å². The number of allylic oxidation sites excluding steroid dienone is 1. The van der Waals surface area contributed by atoms with Crippen LogP contribution in [0.5, 0.6) is 0 Å². The van der Waals surface area contributed by atoms with Gasteiger partial charge >= 0.3 is 0 Å². The number of hydrogen-bond donors (Lipinski definition) is 1. The van der Waals surface area contributed by atoms with Crippen molar-refractivity contribution < 1.29 is 5.11 Å². The molecule has 0 radical (unpaired) electrons. The van der Waals surface area contributed by atoms with Crippen LogP contribution in [0.4, 0.5) is 0 Å². The molecule has 1 N–H and O–H groups in total. The molecule has 0 saturated heterocycles. The van der Waals surface area contributed by atoms with Crippen LogP contribution >= 0.6 is 11.3 Å². The normalized spacial score (nSPS) is 12.6. The quantitative estimate of drug-likeness (QED) is 0.554. The van der Waals surface area contributed by atoms with Crippen molar-refractivity contribution in [3.05, 3.63) is 29.2 Å². The van der Waals surface area contributed by atoms with E-state index in [-0.39, 0.29) is 6.10 Å². The van der Waals surface area contributed by atoms with Crippen LogP contribution in [-0.4, -0.2) is 10.1 Å². The third-order valence-corrected chi connectivity index (χ3v) is 3.04. The fraction of sp³-hybridized carbons (Fsp3) is 0.545. The molecule has 1 atom stereocenters. The van der Waals surface area contributed by atoms with Crippen LogP contribution in [0.2, 0.25) is 0 Å². The van der Waals surface area contributed by atoms with Crippen molar-refractivity contribution in [1.29, 1.82) is 0 Å². The fourth-order valence-corrected chi connectivity index (χ4v) is 1.98. The first-order valence-corrected chi connectivity index (χ1v) is 5.90. The molecule has 0 spiro atoms. The summed E-state index contributed by atoms with van der Waals surface area (Å²) in [6.07, 6.45) is 8.73. The summed E-state index contributed by atoms with van der Waals surface area (Å²) in [5.74, 6) is 0. The van der Waals surface area contributed by atoms with E-state index in [4.69, 9.17) is 0 Å². The van der Waals surface area contributed by atoms with E-state index in [1.807, 2.05) is 6.08 Å². The van der Waals surface area contributed by atoms with Gasteiger partial charge < -0.3 is 5.11 Å². The average molecular weight is 211 g/mol. The predicted octanol–water partition coefficient (Wildman–Crippen LogP) is 3.31. The van der Waals surface area contributed by atoms with E-state index in [9.17, 15) is 5.11 Å². The van der Waals surface area contributed by atoms with Gasteiger partial charge in [-0.05, 0) is 19.3 Å². The Hall–Kier alpha value is -0.670. The number of aliphatic hydroxyl groups excluding tert-OH is 1. The second-order valence-electron chi connectivity index (χ2n) is 3.35. The van der Waals surface area contributed by atoms with Crippen molar-refractivity contribution in [1.82, 2.24) is 4.98 Å². The topological polar surface area (TPSA) is 33.1 Å². The third kappa shape index (κ3) is 4.03. The second-order valence-corrected chi connectivity index (χ2v) is 4.26. The van der Waals surface area contributed by atoms with Crippen molar-refractivity contribution in [2.75, 3.05) is 0 Å². The van der Waals surface area contributed by atoms with Crippen molar-refractivity contribution >= 4 is 11.3 Å². The summed E-state index contributed by atoms with van der Waals surface area (Å²) < 4.78 is 0. The van der Waals surface area contributed by atoms with Gasteiger partial charge in [0, 0.05) is 6.20 Å². The summed E-state index contributed by atoms with van der Waals surface area (Å²) in [5.41, 5.74) is 1.76. The molecule has 78 valence electrons. The number of aromatic nitrogens is 1. The summed E-state index contributed by atoms with van der Waals surface area (Å²) in [5, 5.41) is 9.72. The molecule has 0 aliphatic rings. The van der Waals surface area contributed by atoms with Crippen molar-refractivity contribution in [3.8, 4) is 0 Å². The third-order valence-electron chi connectivity index (χ3n) is 2.17. The molecule has 0 fully saturated rings. The lowest BCUT2D eigenvalue weighted by Crippen LogP contribution is -1.94. The molecule has 1 rings (SSSR count). The van der Waals surface area contributed by atoms with E-state index in [1.54, 1.807) is 11.7 Å². The van der Waals surface area contributed by atoms with Gasteiger partial charge in [0.1, 0.15) is 0 Å². The Bertz CT molecular complexity index is 246. The highest BCUT2D eigenvalue weighted by Crippen LogP contribution is 2.22. The van der Waals surface area contributed by atoms with E-state index in [1.165, 1.54) is 24.2 Å². The largest absolute Gasteiger partial charge is 0.388 e. The van der Waals surface area contributed by atoms with Crippen LogP contribution in [0.1, 0.15) is 43.1 Å². The predicted molar refractivity (Wildman–Crippen MR) is 60.4 cm³/mol. The van der Waals surface area contributed by atoms with Gasteiger partial charge in [0.25, 0.3) is 0 Å². The summed E-state index contributed by atoms with van der Waals surface area (Å²) in [4.78, 5) is 4.93. The molecule has 0 amide bonds. The Balaban J connectivity index is 2.10. The molecule has 0 aliphatic carbocycles. The lowest BCUT2D eigenvalue weighted by atomic mass is 10.1. The highest BCUT2D eigenvalue weighted by molar-refractivity contribution is 7.09. The van der Waals surface area contributed by atoms with Crippen LogP contribution in [0.25, 0.3) is 0 Å². The molecule has 3 heteroatoms. The zero-order valence-electron chi connectivity index (χ0n) is 8.35. The number of rotatable bonds is 7. The standard InChI is InChI=1S/C11H17NOS/c1-2-3-4-5-6-7-10(13)11-8-12-9-14-11/h2,8-10,13H,1,3-7H2. The Morgan fingerprint density at radius 1 is 1.50 bits per heavy atom. The van der Waals surface area contributed by atoms with Crippen molar-refractivity contribution in [3.63, 3.8) is 0 Å². The average Bonchev–Trinajstić information content (AvgIpc) is 2.70. The minimum Gasteiger partial charge on any atom is -0.388 e. The highest BCUT2D eigenvalue weighted by Gasteiger charge is 2.07. The number of thiazole rings is 1. The monoisotopic (exact) mass is 211 g/mol. The lowest BCUT2D eigenvalue weighted by Gasteiger charge is -2.06. The van der Waals surface area contributed by atoms with E-state index in [0.29, 0.717) is 0 Å². The Kier molecular flexibility index (Phi) is 5.49. The van der Waals surface area contributed by atoms with Crippen LogP contribution in [-0.2, 0) is 0 Å². The number of aliphatic hydroxyl groups is 1. The van der Waals surface area contributed by atoms with Gasteiger partial charge in [0.15, 0.2) is 0 Å². The molecular formula is C11H17NOS. The first-order valence-electron chi connectivity index (χ1n) is 5.02. The summed E-state index contributed by atoms with van der Waals surface area (Å²) in [6, 6.07) is 0. The van der Waals surface area contributed by atoms with Gasteiger partial charge in [-0.15, -0.1) is 17.9 Å². The maximum atomic E-state index is 9.72. The van der Waals surface area contributed by atoms with Crippen molar-refractivity contribution in [2.45, 2.75) is 38.2 Å². The van der Waals surface area contributed by atoms with Crippen LogP contribution < -0.4 is 0 Å². The van der Waals surface area contributed by atoms with Gasteiger partial charge in [-0.2, -0.15) is 0 Å². The Morgan fingerprint density at radius 2 is 2.36 bits per heavy atom. The van der Waals surface area contributed by atoms with Crippen LogP contribution in [0.3, 0.4) is 0 Å². The molecule has 1 aromatic heterocycles. The van der Waals surface area contributed by atoms with E-state index in [0.717, 1.165) is 24.1 Å². The molecule has 14 heavy (non-hydrogen) atoms. The number of hydrogen-bond acceptors (Lipinski definition) is 3. The smallest absolute Gasteiger partial charge is 0.0898 e. The van der Waals surface area contributed by atoms with Gasteiger partial charge in [0.05, 0.1) is 16.5 Å². The molecule has 1 unspecified atom stereocenters. The molecule has 1 aromatic rings. The Morgan fingerprint density at radius 3 is 3.00 bits per heavy atom. The summed E-state index contributed by atoms with van der Waals surface area (Å²) >= 11 is 1.52. The lowest BCUT2D eigenvalue weighted by molar-refractivity contribution is 0.167. The maximum absolute atomic E-state index is 9.72. The van der Waals surface area contributed by atoms with Gasteiger partial charge in [-0.1, -0.05) is 18.9 Å². The number of nitrogens with zero attached hydrogens (tertiary/aromatic N) is 1. The molecular weight excluding hydrogens is 194 g/mol. The second kappa shape index (κ2) is 6.74. The molecule has 1 heterocycles. The fourth-order valence-electron chi connectivity index (χ4n) is 1.34. The van der Waals surface area contributed by atoms with Gasteiger partial charge in [0.2, 0.25) is 0 Å². The molecule has 2 nitrogen and oxygen atoms in total. The molecule has 0 aromatic carbocycles. The van der Waals surface area contributed by atoms with E-state index >= 15 is 0 Å². The van der Waals surface area contributed by atoms with Crippen LogP contribution in [0.15, 0.2) is 24.4 Å². The Labute approximate surface area is 89.3 Å². The highest BCUT2D eigenvalue weighted by atomic mass is 32.1. The van der Waals surface area contributed by atoms with Gasteiger partial charge in [-0.25, -0.2) is 0 Å². The summed E-state index contributed by atoms with van der Waals surface area (Å²) in [6.45, 7) is 3.68. The molecule has 0 aliphatic heterocycles. The number of unbranched alkanes of at least 4 members (excludes halogenated alkanes) is 3. The minimum absolute atomic E-state index is 0.314. The SMILES string of the molecule is C=CCCCCCC(O)c1cncs1. The first kappa shape index (κ1) is 11.4. The van der Waals surface area contributed by atoms with Gasteiger partial charge in [-0.3, -0.25) is 4.98 Å². The maximum Gasteiger partial charge on any atom is 0.0898 e. The first-order chi connectivity index (χ1) is 6.84. The van der Waals surface area contributed by atoms with Crippen LogP contribution in [0, 0.1) is 0 Å². The summed E-state index contributed by atoms with van der Waals surface area (Å²) in [7, 11) is 0. The minimum atomic E-state index is -0.314. The molecule has 0 saturated carbocycles. The zero-order chi connectivity index (χ0) is 10.2. The van der Waals surface area contributed by atoms with E-state index in [2.05, 4.69) is 11.6 Å². The zero-order valence-corrected chi connectivity index (χ0v) is 9.17. The van der Waals surface area contributed by atoms with E-state index < -0.39 is 0 Å². The molecule has 0 bridgehead atoms.